The predicted molar refractivity (Wildman–Crippen MR) is 181 cm³/mol. The van der Waals surface area contributed by atoms with Crippen LogP contribution in [-0.2, 0) is 42.1 Å². The third-order valence-corrected chi connectivity index (χ3v) is 10.3. The zero-order valence-electron chi connectivity index (χ0n) is 29.2. The molecule has 0 aromatic carbocycles. The molecule has 3 aromatic heterocycles. The molecular formula is C37H44N4O7. The van der Waals surface area contributed by atoms with Crippen LogP contribution in [0, 0.1) is 13.8 Å². The van der Waals surface area contributed by atoms with E-state index in [2.05, 4.69) is 23.8 Å². The lowest BCUT2D eigenvalue weighted by molar-refractivity contribution is -0.141. The first-order chi connectivity index (χ1) is 22.8. The number of ether oxygens (including phenoxy) is 3. The molecule has 11 heteroatoms. The van der Waals surface area contributed by atoms with Crippen molar-refractivity contribution in [3.05, 3.63) is 68.8 Å². The van der Waals surface area contributed by atoms with Gasteiger partial charge in [-0.05, 0) is 74.9 Å². The maximum Gasteiger partial charge on any atom is 0.340 e. The molecule has 3 atom stereocenters. The number of hydrogen-bond donors (Lipinski definition) is 2. The number of ketones is 1. The number of carbonyl (C=O) groups is 4. The second-order valence-electron chi connectivity index (χ2n) is 12.8. The highest BCUT2D eigenvalue weighted by atomic mass is 16.5. The number of hydrogen-bond acceptors (Lipinski definition) is 9. The van der Waals surface area contributed by atoms with Crippen LogP contribution in [0.2, 0.25) is 0 Å². The van der Waals surface area contributed by atoms with Gasteiger partial charge in [0.15, 0.2) is 5.78 Å². The first kappa shape index (κ1) is 34.5. The summed E-state index contributed by atoms with van der Waals surface area (Å²) in [6.45, 7) is 11.8. The van der Waals surface area contributed by atoms with Gasteiger partial charge in [0.25, 0.3) is 0 Å². The van der Waals surface area contributed by atoms with Crippen molar-refractivity contribution >= 4 is 45.8 Å². The summed E-state index contributed by atoms with van der Waals surface area (Å²) in [6, 6.07) is 5.65. The van der Waals surface area contributed by atoms with Crippen LogP contribution >= 0.6 is 0 Å². The molecule has 0 fully saturated rings. The van der Waals surface area contributed by atoms with Crippen molar-refractivity contribution in [2.75, 3.05) is 21.3 Å². The van der Waals surface area contributed by atoms with E-state index < -0.39 is 17.4 Å². The van der Waals surface area contributed by atoms with Gasteiger partial charge in [0.1, 0.15) is 5.69 Å². The molecule has 0 radical (unpaired) electrons. The molecule has 11 nitrogen and oxygen atoms in total. The molecule has 5 heterocycles. The van der Waals surface area contributed by atoms with E-state index in [1.54, 1.807) is 13.0 Å². The molecule has 0 amide bonds. The van der Waals surface area contributed by atoms with E-state index in [0.29, 0.717) is 46.4 Å². The number of carbonyl (C=O) groups excluding carboxylic acids is 4. The van der Waals surface area contributed by atoms with Gasteiger partial charge in [0, 0.05) is 46.1 Å². The second kappa shape index (κ2) is 13.4. The summed E-state index contributed by atoms with van der Waals surface area (Å²) >= 11 is 0. The SMILES string of the molecule is CCc1c(C)c2cc3nc(c(CC(=O)OC)c4[nH]c(cc5nc(cc1[nH]2)C(C)(CC)C5=O)c(C)c4C(=O)OC)[C@@H](CCC(=O)OC)[C@@H]3C. The fraction of sp³-hybridized carbons (Fsp3) is 0.459. The summed E-state index contributed by atoms with van der Waals surface area (Å²) in [4.78, 5) is 69.8. The molecule has 8 bridgehead atoms. The first-order valence-corrected chi connectivity index (χ1v) is 16.4. The molecule has 2 N–H and O–H groups in total. The molecule has 0 saturated carbocycles. The van der Waals surface area contributed by atoms with Crippen LogP contribution in [0.1, 0.15) is 119 Å². The number of aromatic amines is 2. The van der Waals surface area contributed by atoms with Crippen LogP contribution in [0.25, 0.3) is 22.1 Å². The summed E-state index contributed by atoms with van der Waals surface area (Å²) in [6.07, 6.45) is 1.61. The molecule has 0 aliphatic carbocycles. The fourth-order valence-corrected chi connectivity index (χ4v) is 7.01. The summed E-state index contributed by atoms with van der Waals surface area (Å²) in [5, 5.41) is 0. The Kier molecular flexibility index (Phi) is 9.62. The van der Waals surface area contributed by atoms with E-state index in [9.17, 15) is 19.2 Å². The van der Waals surface area contributed by atoms with Gasteiger partial charge >= 0.3 is 17.9 Å². The summed E-state index contributed by atoms with van der Waals surface area (Å²) in [5.74, 6) is -2.10. The van der Waals surface area contributed by atoms with Crippen molar-refractivity contribution in [1.29, 1.82) is 0 Å². The minimum atomic E-state index is -0.856. The van der Waals surface area contributed by atoms with Gasteiger partial charge in [-0.25, -0.2) is 9.78 Å². The fourth-order valence-electron chi connectivity index (χ4n) is 7.01. The quantitative estimate of drug-likeness (QED) is 0.207. The molecule has 0 spiro atoms. The van der Waals surface area contributed by atoms with E-state index in [0.717, 1.165) is 34.3 Å². The van der Waals surface area contributed by atoms with Crippen LogP contribution in [0.4, 0.5) is 0 Å². The number of fused-ring (bicyclic) bond motifs is 8. The highest BCUT2D eigenvalue weighted by Gasteiger charge is 2.41. The van der Waals surface area contributed by atoms with Crippen LogP contribution < -0.4 is 0 Å². The maximum atomic E-state index is 14.0. The Morgan fingerprint density at radius 1 is 0.875 bits per heavy atom. The smallest absolute Gasteiger partial charge is 0.340 e. The van der Waals surface area contributed by atoms with Crippen LogP contribution in [-0.4, -0.2) is 65.0 Å². The van der Waals surface area contributed by atoms with Gasteiger partial charge in [-0.15, -0.1) is 0 Å². The average Bonchev–Trinajstić information content (AvgIpc) is 3.74. The minimum Gasteiger partial charge on any atom is -0.469 e. The number of methoxy groups -OCH3 is 3. The average molecular weight is 657 g/mol. The normalized spacial score (nSPS) is 18.9. The Hall–Kier alpha value is -4.80. The van der Waals surface area contributed by atoms with Crippen molar-refractivity contribution in [1.82, 2.24) is 19.9 Å². The van der Waals surface area contributed by atoms with E-state index in [1.165, 1.54) is 21.3 Å². The number of rotatable bonds is 8. The van der Waals surface area contributed by atoms with Gasteiger partial charge < -0.3 is 24.2 Å². The van der Waals surface area contributed by atoms with Gasteiger partial charge in [0.2, 0.25) is 0 Å². The molecule has 2 aliphatic rings. The molecule has 0 saturated heterocycles. The van der Waals surface area contributed by atoms with E-state index in [1.807, 2.05) is 32.9 Å². The Labute approximate surface area is 279 Å². The largest absolute Gasteiger partial charge is 0.469 e. The third-order valence-electron chi connectivity index (χ3n) is 10.3. The first-order valence-electron chi connectivity index (χ1n) is 16.4. The van der Waals surface area contributed by atoms with Crippen molar-refractivity contribution in [2.45, 2.75) is 90.9 Å². The van der Waals surface area contributed by atoms with Gasteiger partial charge in [-0.2, -0.15) is 0 Å². The van der Waals surface area contributed by atoms with Crippen LogP contribution in [0.3, 0.4) is 0 Å². The summed E-state index contributed by atoms with van der Waals surface area (Å²) in [7, 11) is 3.94. The lowest BCUT2D eigenvalue weighted by Crippen LogP contribution is -2.27. The Bertz CT molecular complexity index is 1990. The molecule has 48 heavy (non-hydrogen) atoms. The zero-order valence-corrected chi connectivity index (χ0v) is 29.2. The van der Waals surface area contributed by atoms with Crippen LogP contribution in [0.15, 0.2) is 18.2 Å². The van der Waals surface area contributed by atoms with E-state index in [4.69, 9.17) is 24.2 Å². The van der Waals surface area contributed by atoms with Gasteiger partial charge in [-0.3, -0.25) is 19.4 Å². The van der Waals surface area contributed by atoms with Gasteiger partial charge in [0.05, 0.1) is 55.6 Å². The number of Topliss-reactive ketones (excluding diaryl/α,β-unsaturated/α-hetero) is 1. The number of aryl methyl sites for hydroxylation is 3. The Balaban J connectivity index is 2.03. The Morgan fingerprint density at radius 2 is 1.56 bits per heavy atom. The van der Waals surface area contributed by atoms with Crippen molar-refractivity contribution in [2.24, 2.45) is 0 Å². The monoisotopic (exact) mass is 656 g/mol. The molecular weight excluding hydrogens is 612 g/mol. The molecule has 254 valence electrons. The molecule has 1 unspecified atom stereocenters. The number of esters is 3. The lowest BCUT2D eigenvalue weighted by Gasteiger charge is -2.19. The molecule has 3 aromatic rings. The van der Waals surface area contributed by atoms with Crippen molar-refractivity contribution in [3.63, 3.8) is 0 Å². The Morgan fingerprint density at radius 3 is 2.19 bits per heavy atom. The van der Waals surface area contributed by atoms with Crippen molar-refractivity contribution < 1.29 is 33.4 Å². The third kappa shape index (κ3) is 5.79. The molecule has 2 aliphatic heterocycles. The highest BCUT2D eigenvalue weighted by Crippen LogP contribution is 2.43. The number of nitrogens with one attached hydrogen (secondary N) is 2. The zero-order chi connectivity index (χ0) is 35.1. The predicted octanol–water partition coefficient (Wildman–Crippen LogP) is 6.39. The number of H-pyrrole nitrogens is 2. The molecule has 5 rings (SSSR count). The minimum absolute atomic E-state index is 0.127. The number of nitrogens with zero attached hydrogens (tertiary/aromatic N) is 2. The summed E-state index contributed by atoms with van der Waals surface area (Å²) in [5.41, 5.74) is 7.27. The highest BCUT2D eigenvalue weighted by molar-refractivity contribution is 6.07. The standard InChI is InChI=1S/C37H44N4O7/c1-10-21-18(3)24-15-25-19(4)22(12-13-30(42)46-7)33(40-25)23(14-31(43)47-8)34-32(36(45)48-9)20(5)26(41-34)16-28-35(44)37(6,11-2)29(39-28)17-27(21)38-24/h15-17,19,22,38,41H,10-14H2,1-9H3/t19-,22-,37?/m0/s1. The number of aromatic nitrogens is 4. The lowest BCUT2D eigenvalue weighted by atomic mass is 9.80. The van der Waals surface area contributed by atoms with Crippen LogP contribution in [0.5, 0.6) is 0 Å². The van der Waals surface area contributed by atoms with Gasteiger partial charge in [-0.1, -0.05) is 20.8 Å². The summed E-state index contributed by atoms with van der Waals surface area (Å²) < 4.78 is 15.3. The maximum absolute atomic E-state index is 14.0. The van der Waals surface area contributed by atoms with E-state index in [-0.39, 0.29) is 47.7 Å². The second-order valence-corrected chi connectivity index (χ2v) is 12.8. The van der Waals surface area contributed by atoms with E-state index >= 15 is 0 Å². The van der Waals surface area contributed by atoms with Crippen molar-refractivity contribution in [3.8, 4) is 0 Å². The topological polar surface area (TPSA) is 153 Å².